The van der Waals surface area contributed by atoms with Crippen LogP contribution in [-0.4, -0.2) is 47.5 Å². The summed E-state index contributed by atoms with van der Waals surface area (Å²) < 4.78 is 0. The Kier molecular flexibility index (Phi) is 5.38. The summed E-state index contributed by atoms with van der Waals surface area (Å²) in [7, 11) is 1.91. The van der Waals surface area contributed by atoms with Crippen LogP contribution in [0.5, 0.6) is 0 Å². The molecule has 5 rings (SSSR count). The highest BCUT2D eigenvalue weighted by Gasteiger charge is 2.31. The van der Waals surface area contributed by atoms with Crippen LogP contribution in [0, 0.1) is 0 Å². The molecule has 3 aromatic rings. The maximum absolute atomic E-state index is 13.1. The first-order valence-electron chi connectivity index (χ1n) is 11.0. The lowest BCUT2D eigenvalue weighted by Crippen LogP contribution is -2.29. The summed E-state index contributed by atoms with van der Waals surface area (Å²) in [5, 5.41) is 6.63. The number of benzene rings is 2. The number of hydrogen-bond donors (Lipinski definition) is 2. The van der Waals surface area contributed by atoms with E-state index in [2.05, 4.69) is 22.8 Å². The number of hydrogen-bond acceptors (Lipinski definition) is 5. The van der Waals surface area contributed by atoms with Gasteiger partial charge in [0.25, 0.3) is 5.91 Å². The van der Waals surface area contributed by atoms with E-state index in [0.29, 0.717) is 6.54 Å². The number of likely N-dealkylation sites (tertiary alicyclic amines) is 1. The molecule has 1 aromatic heterocycles. The van der Waals surface area contributed by atoms with Crippen LogP contribution in [0.3, 0.4) is 0 Å². The molecule has 1 atom stereocenters. The number of fused-ring (bicyclic) bond motifs is 1. The van der Waals surface area contributed by atoms with Crippen LogP contribution in [0.4, 0.5) is 5.82 Å². The molecule has 2 N–H and O–H groups in total. The maximum Gasteiger partial charge on any atom is 0.253 e. The van der Waals surface area contributed by atoms with Crippen LogP contribution < -0.4 is 10.6 Å². The van der Waals surface area contributed by atoms with E-state index < -0.39 is 0 Å². The lowest BCUT2D eigenvalue weighted by atomic mass is 10.0. The van der Waals surface area contributed by atoms with Gasteiger partial charge in [-0.25, -0.2) is 9.97 Å². The lowest BCUT2D eigenvalue weighted by molar-refractivity contribution is 0.0790. The third-order valence-electron chi connectivity index (χ3n) is 6.27. The van der Waals surface area contributed by atoms with E-state index in [-0.39, 0.29) is 11.8 Å². The summed E-state index contributed by atoms with van der Waals surface area (Å²) >= 11 is 0. The predicted molar refractivity (Wildman–Crippen MR) is 122 cm³/mol. The number of carbonyl (C=O) groups excluding carboxylic acids is 1. The van der Waals surface area contributed by atoms with Crippen LogP contribution in [0.15, 0.2) is 54.6 Å². The third kappa shape index (κ3) is 3.91. The van der Waals surface area contributed by atoms with E-state index in [0.717, 1.165) is 66.5 Å². The predicted octanol–water partition coefficient (Wildman–Crippen LogP) is 3.46. The Morgan fingerprint density at radius 2 is 1.84 bits per heavy atom. The second-order valence-corrected chi connectivity index (χ2v) is 8.21. The van der Waals surface area contributed by atoms with Crippen LogP contribution in [-0.2, 0) is 13.0 Å². The number of aromatic nitrogens is 2. The smallest absolute Gasteiger partial charge is 0.253 e. The van der Waals surface area contributed by atoms with Gasteiger partial charge in [-0.15, -0.1) is 0 Å². The largest absolute Gasteiger partial charge is 0.373 e. The molecule has 2 aromatic carbocycles. The Morgan fingerprint density at radius 3 is 2.61 bits per heavy atom. The van der Waals surface area contributed by atoms with Gasteiger partial charge in [0.2, 0.25) is 0 Å². The van der Waals surface area contributed by atoms with E-state index in [4.69, 9.17) is 9.97 Å². The fraction of sp³-hybridized carbons (Fsp3) is 0.320. The molecule has 3 heterocycles. The van der Waals surface area contributed by atoms with Gasteiger partial charge in [-0.1, -0.05) is 42.5 Å². The number of nitrogens with one attached hydrogen (secondary N) is 2. The minimum atomic E-state index is 0.0792. The Bertz CT molecular complexity index is 1060. The van der Waals surface area contributed by atoms with Crippen LogP contribution in [0.25, 0.3) is 11.1 Å². The van der Waals surface area contributed by atoms with E-state index in [1.54, 1.807) is 0 Å². The third-order valence-corrected chi connectivity index (χ3v) is 6.27. The van der Waals surface area contributed by atoms with E-state index in [9.17, 15) is 4.79 Å². The number of carbonyl (C=O) groups is 1. The van der Waals surface area contributed by atoms with Gasteiger partial charge in [0.1, 0.15) is 11.6 Å². The summed E-state index contributed by atoms with van der Waals surface area (Å²) in [5.41, 5.74) is 5.30. The zero-order chi connectivity index (χ0) is 21.2. The van der Waals surface area contributed by atoms with Crippen molar-refractivity contribution in [2.24, 2.45) is 0 Å². The van der Waals surface area contributed by atoms with Crippen LogP contribution in [0.1, 0.15) is 39.8 Å². The first-order chi connectivity index (χ1) is 15.2. The molecule has 0 radical (unpaired) electrons. The summed E-state index contributed by atoms with van der Waals surface area (Å²) in [4.78, 5) is 24.7. The molecule has 1 saturated heterocycles. The molecule has 0 bridgehead atoms. The first kappa shape index (κ1) is 19.7. The zero-order valence-corrected chi connectivity index (χ0v) is 17.8. The van der Waals surface area contributed by atoms with Crippen molar-refractivity contribution in [3.05, 3.63) is 77.2 Å². The van der Waals surface area contributed by atoms with Gasteiger partial charge >= 0.3 is 0 Å². The van der Waals surface area contributed by atoms with Crippen molar-refractivity contribution < 1.29 is 4.79 Å². The highest BCUT2D eigenvalue weighted by Crippen LogP contribution is 2.30. The highest BCUT2D eigenvalue weighted by atomic mass is 16.2. The number of amides is 1. The van der Waals surface area contributed by atoms with Gasteiger partial charge in [0.15, 0.2) is 0 Å². The van der Waals surface area contributed by atoms with Crippen molar-refractivity contribution in [1.82, 2.24) is 20.2 Å². The normalized spacial score (nSPS) is 18.0. The number of anilines is 1. The second kappa shape index (κ2) is 8.47. The molecular formula is C25H27N5O. The fourth-order valence-corrected chi connectivity index (χ4v) is 4.54. The minimum absolute atomic E-state index is 0.0792. The molecule has 1 fully saturated rings. The van der Waals surface area contributed by atoms with E-state index in [1.165, 1.54) is 5.56 Å². The summed E-state index contributed by atoms with van der Waals surface area (Å²) in [5.74, 6) is 2.03. The van der Waals surface area contributed by atoms with E-state index >= 15 is 0 Å². The number of rotatable bonds is 4. The van der Waals surface area contributed by atoms with Gasteiger partial charge in [-0.05, 0) is 42.6 Å². The van der Waals surface area contributed by atoms with Crippen molar-refractivity contribution in [2.75, 3.05) is 32.0 Å². The molecule has 31 heavy (non-hydrogen) atoms. The quantitative estimate of drug-likeness (QED) is 0.686. The Morgan fingerprint density at radius 1 is 1.06 bits per heavy atom. The SMILES string of the molecule is CNc1nc(C2CCN(C(=O)c3ccc(-c4ccccc4)cc3)C2)nc2c1CCNC2. The van der Waals surface area contributed by atoms with Crippen molar-refractivity contribution in [2.45, 2.75) is 25.3 Å². The van der Waals surface area contributed by atoms with Crippen LogP contribution in [0.2, 0.25) is 0 Å². The second-order valence-electron chi connectivity index (χ2n) is 8.21. The van der Waals surface area contributed by atoms with Gasteiger partial charge in [-0.2, -0.15) is 0 Å². The van der Waals surface area contributed by atoms with Crippen molar-refractivity contribution in [1.29, 1.82) is 0 Å². The van der Waals surface area contributed by atoms with Crippen molar-refractivity contribution >= 4 is 11.7 Å². The molecule has 0 aliphatic carbocycles. The Hall–Kier alpha value is -3.25. The standard InChI is InChI=1S/C25H27N5O/c1-26-24-21-11-13-27-15-22(21)28-23(29-24)20-12-14-30(16-20)25(31)19-9-7-18(8-10-19)17-5-3-2-4-6-17/h2-10,20,27H,11-16H2,1H3,(H,26,28,29). The average Bonchev–Trinajstić information content (AvgIpc) is 3.34. The van der Waals surface area contributed by atoms with Gasteiger partial charge < -0.3 is 15.5 Å². The summed E-state index contributed by atoms with van der Waals surface area (Å²) in [6, 6.07) is 18.1. The molecule has 158 valence electrons. The van der Waals surface area contributed by atoms with Crippen LogP contribution >= 0.6 is 0 Å². The van der Waals surface area contributed by atoms with Crippen molar-refractivity contribution in [3.63, 3.8) is 0 Å². The minimum Gasteiger partial charge on any atom is -0.373 e. The van der Waals surface area contributed by atoms with Gasteiger partial charge in [-0.3, -0.25) is 4.79 Å². The van der Waals surface area contributed by atoms with Crippen molar-refractivity contribution in [3.8, 4) is 11.1 Å². The summed E-state index contributed by atoms with van der Waals surface area (Å²) in [6.07, 6.45) is 1.84. The molecular weight excluding hydrogens is 386 g/mol. The molecule has 0 saturated carbocycles. The Balaban J connectivity index is 1.31. The Labute approximate surface area is 182 Å². The van der Waals surface area contributed by atoms with Gasteiger partial charge in [0.05, 0.1) is 5.69 Å². The monoisotopic (exact) mass is 413 g/mol. The lowest BCUT2D eigenvalue weighted by Gasteiger charge is -2.21. The molecule has 1 amide bonds. The van der Waals surface area contributed by atoms with E-state index in [1.807, 2.05) is 54.4 Å². The highest BCUT2D eigenvalue weighted by molar-refractivity contribution is 5.95. The molecule has 1 unspecified atom stereocenters. The molecule has 6 heteroatoms. The first-order valence-corrected chi connectivity index (χ1v) is 11.0. The average molecular weight is 414 g/mol. The number of nitrogens with zero attached hydrogens (tertiary/aromatic N) is 3. The molecule has 2 aliphatic heterocycles. The van der Waals surface area contributed by atoms with Gasteiger partial charge in [0, 0.05) is 43.7 Å². The maximum atomic E-state index is 13.1. The fourth-order valence-electron chi connectivity index (χ4n) is 4.54. The molecule has 6 nitrogen and oxygen atoms in total. The zero-order valence-electron chi connectivity index (χ0n) is 17.8. The summed E-state index contributed by atoms with van der Waals surface area (Å²) in [6.45, 7) is 3.13. The molecule has 2 aliphatic rings. The molecule has 0 spiro atoms. The topological polar surface area (TPSA) is 70.2 Å².